The maximum atomic E-state index is 11.8. The van der Waals surface area contributed by atoms with Gasteiger partial charge in [-0.2, -0.15) is 0 Å². The number of hydrogen-bond acceptors (Lipinski definition) is 3. The van der Waals surface area contributed by atoms with E-state index in [-0.39, 0.29) is 12.5 Å². The van der Waals surface area contributed by atoms with E-state index in [2.05, 4.69) is 10.6 Å². The van der Waals surface area contributed by atoms with Crippen molar-refractivity contribution in [2.24, 2.45) is 0 Å². The molecule has 0 fully saturated rings. The summed E-state index contributed by atoms with van der Waals surface area (Å²) in [4.78, 5) is 12.9. The van der Waals surface area contributed by atoms with Crippen LogP contribution in [-0.2, 0) is 4.79 Å². The van der Waals surface area contributed by atoms with Crippen molar-refractivity contribution in [2.45, 2.75) is 4.90 Å². The second kappa shape index (κ2) is 6.85. The molecule has 4 heteroatoms. The van der Waals surface area contributed by atoms with Crippen molar-refractivity contribution in [3.05, 3.63) is 54.6 Å². The summed E-state index contributed by atoms with van der Waals surface area (Å²) in [6, 6.07) is 17.5. The second-order valence-corrected chi connectivity index (χ2v) is 4.88. The number of anilines is 2. The molecular weight excluding hydrogens is 256 g/mol. The van der Waals surface area contributed by atoms with Crippen LogP contribution >= 0.6 is 11.8 Å². The molecule has 0 unspecified atom stereocenters. The van der Waals surface area contributed by atoms with Crippen molar-refractivity contribution in [2.75, 3.05) is 23.4 Å². The lowest BCUT2D eigenvalue weighted by Gasteiger charge is -2.08. The Bertz CT molecular complexity index is 526. The topological polar surface area (TPSA) is 41.1 Å². The van der Waals surface area contributed by atoms with Gasteiger partial charge in [0.1, 0.15) is 0 Å². The first-order valence-electron chi connectivity index (χ1n) is 6.01. The van der Waals surface area contributed by atoms with Crippen molar-refractivity contribution < 1.29 is 4.79 Å². The molecule has 0 bridgehead atoms. The van der Waals surface area contributed by atoms with Crippen molar-refractivity contribution >= 4 is 29.0 Å². The van der Waals surface area contributed by atoms with E-state index in [4.69, 9.17) is 0 Å². The first-order valence-corrected chi connectivity index (χ1v) is 7.23. The minimum atomic E-state index is -0.0549. The summed E-state index contributed by atoms with van der Waals surface area (Å²) in [5, 5.41) is 5.92. The fourth-order valence-corrected chi connectivity index (χ4v) is 2.03. The van der Waals surface area contributed by atoms with Crippen LogP contribution in [0.4, 0.5) is 11.4 Å². The van der Waals surface area contributed by atoms with E-state index in [9.17, 15) is 4.79 Å². The molecule has 2 aromatic rings. The second-order valence-electron chi connectivity index (χ2n) is 4.00. The van der Waals surface area contributed by atoms with E-state index in [0.717, 1.165) is 11.4 Å². The molecule has 2 aromatic carbocycles. The molecule has 1 amide bonds. The fourth-order valence-electron chi connectivity index (χ4n) is 1.62. The quantitative estimate of drug-likeness (QED) is 0.819. The molecule has 0 aliphatic carbocycles. The number of rotatable bonds is 5. The Kier molecular flexibility index (Phi) is 4.86. The van der Waals surface area contributed by atoms with Gasteiger partial charge in [0.15, 0.2) is 0 Å². The Morgan fingerprint density at radius 1 is 1.00 bits per heavy atom. The molecule has 3 nitrogen and oxygen atoms in total. The summed E-state index contributed by atoms with van der Waals surface area (Å²) < 4.78 is 0. The van der Waals surface area contributed by atoms with Crippen LogP contribution in [-0.4, -0.2) is 18.7 Å². The normalized spacial score (nSPS) is 9.95. The van der Waals surface area contributed by atoms with Gasteiger partial charge in [-0.05, 0) is 42.7 Å². The molecule has 0 saturated heterocycles. The lowest BCUT2D eigenvalue weighted by molar-refractivity contribution is -0.114. The Balaban J connectivity index is 1.83. The van der Waals surface area contributed by atoms with Crippen molar-refractivity contribution in [3.63, 3.8) is 0 Å². The van der Waals surface area contributed by atoms with Gasteiger partial charge >= 0.3 is 0 Å². The van der Waals surface area contributed by atoms with Gasteiger partial charge in [-0.1, -0.05) is 18.2 Å². The lowest BCUT2D eigenvalue weighted by Crippen LogP contribution is -2.21. The Hall–Kier alpha value is -1.94. The number of carbonyl (C=O) groups excluding carboxylic acids is 1. The molecule has 0 spiro atoms. The predicted octanol–water partition coefficient (Wildman–Crippen LogP) is 3.46. The molecule has 0 atom stereocenters. The van der Waals surface area contributed by atoms with Crippen LogP contribution in [0.15, 0.2) is 59.5 Å². The van der Waals surface area contributed by atoms with E-state index in [1.54, 1.807) is 11.8 Å². The van der Waals surface area contributed by atoms with Gasteiger partial charge in [-0.3, -0.25) is 4.79 Å². The molecule has 0 aromatic heterocycles. The zero-order chi connectivity index (χ0) is 13.5. The standard InChI is InChI=1S/C15H16N2OS/c1-19-14-9-7-13(8-10-14)17-15(18)11-16-12-5-3-2-4-6-12/h2-10,16H,11H2,1H3,(H,17,18). The van der Waals surface area contributed by atoms with Gasteiger partial charge in [-0.15, -0.1) is 11.8 Å². The minimum absolute atomic E-state index is 0.0549. The SMILES string of the molecule is CSc1ccc(NC(=O)CNc2ccccc2)cc1. The number of benzene rings is 2. The molecule has 0 aliphatic rings. The summed E-state index contributed by atoms with van der Waals surface area (Å²) in [7, 11) is 0. The van der Waals surface area contributed by atoms with E-state index in [0.29, 0.717) is 0 Å². The summed E-state index contributed by atoms with van der Waals surface area (Å²) in [6.45, 7) is 0.258. The van der Waals surface area contributed by atoms with Crippen LogP contribution in [0.5, 0.6) is 0 Å². The van der Waals surface area contributed by atoms with E-state index < -0.39 is 0 Å². The van der Waals surface area contributed by atoms with Crippen molar-refractivity contribution in [1.29, 1.82) is 0 Å². The van der Waals surface area contributed by atoms with Gasteiger partial charge in [0, 0.05) is 16.3 Å². The fraction of sp³-hybridized carbons (Fsp3) is 0.133. The average molecular weight is 272 g/mol. The summed E-state index contributed by atoms with van der Waals surface area (Å²) >= 11 is 1.68. The van der Waals surface area contributed by atoms with Gasteiger partial charge in [0.25, 0.3) is 0 Å². The number of thioether (sulfide) groups is 1. The predicted molar refractivity (Wildman–Crippen MR) is 81.8 cm³/mol. The van der Waals surface area contributed by atoms with Crippen LogP contribution in [0.2, 0.25) is 0 Å². The Labute approximate surface area is 117 Å². The highest BCUT2D eigenvalue weighted by Crippen LogP contribution is 2.17. The van der Waals surface area contributed by atoms with Gasteiger partial charge in [0.2, 0.25) is 5.91 Å². The monoisotopic (exact) mass is 272 g/mol. The van der Waals surface area contributed by atoms with E-state index in [1.807, 2.05) is 60.9 Å². The molecular formula is C15H16N2OS. The maximum absolute atomic E-state index is 11.8. The van der Waals surface area contributed by atoms with E-state index in [1.165, 1.54) is 4.90 Å². The average Bonchev–Trinajstić information content (AvgIpc) is 2.47. The number of carbonyl (C=O) groups is 1. The third-order valence-electron chi connectivity index (χ3n) is 2.60. The zero-order valence-electron chi connectivity index (χ0n) is 10.7. The van der Waals surface area contributed by atoms with E-state index >= 15 is 0 Å². The van der Waals surface area contributed by atoms with Crippen molar-refractivity contribution in [3.8, 4) is 0 Å². The number of amides is 1. The van der Waals surface area contributed by atoms with Crippen LogP contribution in [0.3, 0.4) is 0 Å². The van der Waals surface area contributed by atoms with Crippen LogP contribution in [0.25, 0.3) is 0 Å². The smallest absolute Gasteiger partial charge is 0.243 e. The Morgan fingerprint density at radius 2 is 1.68 bits per heavy atom. The van der Waals surface area contributed by atoms with Crippen LogP contribution in [0, 0.1) is 0 Å². The minimum Gasteiger partial charge on any atom is -0.376 e. The molecule has 98 valence electrons. The highest BCUT2D eigenvalue weighted by atomic mass is 32.2. The van der Waals surface area contributed by atoms with Crippen LogP contribution < -0.4 is 10.6 Å². The Morgan fingerprint density at radius 3 is 2.32 bits per heavy atom. The number of hydrogen-bond donors (Lipinski definition) is 2. The summed E-state index contributed by atoms with van der Waals surface area (Å²) in [5.74, 6) is -0.0549. The summed E-state index contributed by atoms with van der Waals surface area (Å²) in [6.07, 6.45) is 2.03. The molecule has 19 heavy (non-hydrogen) atoms. The molecule has 0 radical (unpaired) electrons. The first-order chi connectivity index (χ1) is 9.28. The first kappa shape index (κ1) is 13.5. The van der Waals surface area contributed by atoms with Gasteiger partial charge in [0.05, 0.1) is 6.54 Å². The number of nitrogens with one attached hydrogen (secondary N) is 2. The maximum Gasteiger partial charge on any atom is 0.243 e. The third-order valence-corrected chi connectivity index (χ3v) is 3.34. The molecule has 0 heterocycles. The van der Waals surface area contributed by atoms with Crippen molar-refractivity contribution in [1.82, 2.24) is 0 Å². The highest BCUT2D eigenvalue weighted by molar-refractivity contribution is 7.98. The molecule has 2 rings (SSSR count). The number of para-hydroxylation sites is 1. The lowest BCUT2D eigenvalue weighted by atomic mass is 10.3. The largest absolute Gasteiger partial charge is 0.376 e. The molecule has 2 N–H and O–H groups in total. The zero-order valence-corrected chi connectivity index (χ0v) is 11.5. The summed E-state index contributed by atoms with van der Waals surface area (Å²) in [5.41, 5.74) is 1.76. The molecule has 0 aliphatic heterocycles. The van der Waals surface area contributed by atoms with Gasteiger partial charge < -0.3 is 10.6 Å². The molecule has 0 saturated carbocycles. The third kappa shape index (κ3) is 4.34. The highest BCUT2D eigenvalue weighted by Gasteiger charge is 2.02. The van der Waals surface area contributed by atoms with Crippen LogP contribution in [0.1, 0.15) is 0 Å². The van der Waals surface area contributed by atoms with Gasteiger partial charge in [-0.25, -0.2) is 0 Å².